The Bertz CT molecular complexity index is 483. The van der Waals surface area contributed by atoms with Crippen molar-refractivity contribution >= 4 is 0 Å². The van der Waals surface area contributed by atoms with Gasteiger partial charge in [-0.05, 0) is 33.9 Å². The molecule has 2 unspecified atom stereocenters. The van der Waals surface area contributed by atoms with Gasteiger partial charge in [0, 0.05) is 13.0 Å². The smallest absolute Gasteiger partial charge is 0.0713 e. The molecular weight excluding hydrogens is 248 g/mol. The van der Waals surface area contributed by atoms with E-state index in [-0.39, 0.29) is 22.9 Å². The zero-order valence-corrected chi connectivity index (χ0v) is 13.7. The Morgan fingerprint density at radius 1 is 1.30 bits per heavy atom. The predicted molar refractivity (Wildman–Crippen MR) is 83.0 cm³/mol. The lowest BCUT2D eigenvalue weighted by molar-refractivity contribution is 0.0528. The largest absolute Gasteiger partial charge is 0.392 e. The molecule has 2 rings (SSSR count). The second kappa shape index (κ2) is 5.16. The summed E-state index contributed by atoms with van der Waals surface area (Å²) >= 11 is 0. The molecular formula is C18H28O2. The van der Waals surface area contributed by atoms with Crippen molar-refractivity contribution in [1.82, 2.24) is 0 Å². The summed E-state index contributed by atoms with van der Waals surface area (Å²) in [6.45, 7) is 11.7. The van der Waals surface area contributed by atoms with Gasteiger partial charge in [-0.15, -0.1) is 0 Å². The molecule has 0 amide bonds. The summed E-state index contributed by atoms with van der Waals surface area (Å²) in [5.74, 6) is 0.183. The Hall–Kier alpha value is -0.860. The van der Waals surface area contributed by atoms with Crippen LogP contribution in [0.4, 0.5) is 0 Å². The minimum Gasteiger partial charge on any atom is -0.392 e. The van der Waals surface area contributed by atoms with Crippen LogP contribution in [0, 0.1) is 5.41 Å². The number of fused-ring (bicyclic) bond motifs is 1. The highest BCUT2D eigenvalue weighted by molar-refractivity contribution is 5.43. The van der Waals surface area contributed by atoms with Gasteiger partial charge in [0.05, 0.1) is 12.7 Å². The van der Waals surface area contributed by atoms with Crippen molar-refractivity contribution in [2.24, 2.45) is 5.41 Å². The highest BCUT2D eigenvalue weighted by Crippen LogP contribution is 2.49. The van der Waals surface area contributed by atoms with Crippen LogP contribution in [0.15, 0.2) is 18.2 Å². The van der Waals surface area contributed by atoms with Gasteiger partial charge < -0.3 is 9.84 Å². The second-order valence-corrected chi connectivity index (χ2v) is 7.85. The molecule has 1 aromatic carbocycles. The maximum absolute atomic E-state index is 10.7. The minimum atomic E-state index is -0.282. The van der Waals surface area contributed by atoms with Crippen LogP contribution in [0.2, 0.25) is 0 Å². The first kappa shape index (κ1) is 15.5. The van der Waals surface area contributed by atoms with E-state index < -0.39 is 0 Å². The lowest BCUT2D eigenvalue weighted by atomic mass is 9.61. The molecule has 112 valence electrons. The van der Waals surface area contributed by atoms with Crippen LogP contribution in [0.25, 0.3) is 0 Å². The lowest BCUT2D eigenvalue weighted by Gasteiger charge is -2.45. The van der Waals surface area contributed by atoms with Gasteiger partial charge >= 0.3 is 0 Å². The monoisotopic (exact) mass is 276 g/mol. The maximum Gasteiger partial charge on any atom is 0.0713 e. The Balaban J connectivity index is 2.58. The number of ether oxygens (including phenoxy) is 1. The van der Waals surface area contributed by atoms with Crippen LogP contribution in [-0.4, -0.2) is 18.3 Å². The number of hydrogen-bond acceptors (Lipinski definition) is 2. The van der Waals surface area contributed by atoms with Crippen LogP contribution in [0.3, 0.4) is 0 Å². The first-order valence-electron chi connectivity index (χ1n) is 7.47. The summed E-state index contributed by atoms with van der Waals surface area (Å²) in [5.41, 5.74) is 3.95. The van der Waals surface area contributed by atoms with E-state index >= 15 is 0 Å². The van der Waals surface area contributed by atoms with Gasteiger partial charge in [-0.1, -0.05) is 52.8 Å². The number of hydrogen-bond donors (Lipinski definition) is 1. The zero-order chi connectivity index (χ0) is 15.1. The van der Waals surface area contributed by atoms with Crippen LogP contribution in [0.5, 0.6) is 0 Å². The van der Waals surface area contributed by atoms with E-state index in [1.165, 1.54) is 16.7 Å². The lowest BCUT2D eigenvalue weighted by Crippen LogP contribution is -2.41. The molecule has 0 radical (unpaired) electrons. The molecule has 1 N–H and O–H groups in total. The molecule has 1 aliphatic carbocycles. The molecule has 0 saturated heterocycles. The molecule has 0 saturated carbocycles. The summed E-state index contributed by atoms with van der Waals surface area (Å²) in [5, 5.41) is 10.7. The molecule has 1 aromatic rings. The molecule has 0 aliphatic heterocycles. The zero-order valence-electron chi connectivity index (χ0n) is 13.7. The van der Waals surface area contributed by atoms with Crippen molar-refractivity contribution in [2.45, 2.75) is 65.1 Å². The van der Waals surface area contributed by atoms with Crippen LogP contribution in [-0.2, 0) is 16.8 Å². The summed E-state index contributed by atoms with van der Waals surface area (Å²) in [7, 11) is 1.72. The fraction of sp³-hybridized carbons (Fsp3) is 0.667. The molecule has 2 atom stereocenters. The van der Waals surface area contributed by atoms with E-state index in [1.807, 2.05) is 0 Å². The van der Waals surface area contributed by atoms with Crippen molar-refractivity contribution in [1.29, 1.82) is 0 Å². The van der Waals surface area contributed by atoms with Gasteiger partial charge in [0.2, 0.25) is 0 Å². The number of aliphatic hydroxyl groups is 1. The summed E-state index contributed by atoms with van der Waals surface area (Å²) < 4.78 is 5.26. The Kier molecular flexibility index (Phi) is 4.01. The van der Waals surface area contributed by atoms with Gasteiger partial charge in [-0.3, -0.25) is 0 Å². The van der Waals surface area contributed by atoms with Crippen molar-refractivity contribution in [3.8, 4) is 0 Å². The molecule has 0 heterocycles. The predicted octanol–water partition coefficient (Wildman–Crippen LogP) is 4.00. The molecule has 0 bridgehead atoms. The average molecular weight is 276 g/mol. The Labute approximate surface area is 123 Å². The van der Waals surface area contributed by atoms with E-state index in [0.717, 1.165) is 6.42 Å². The standard InChI is InChI=1S/C18H28O2/c1-17(2,3)16-13-9-12(11-20-6)7-8-14(13)18(4,5)10-15(16)19/h7-9,15-16,19H,10-11H2,1-6H3. The van der Waals surface area contributed by atoms with Crippen molar-refractivity contribution < 1.29 is 9.84 Å². The normalized spacial score (nSPS) is 25.4. The van der Waals surface area contributed by atoms with E-state index in [9.17, 15) is 5.11 Å². The SMILES string of the molecule is COCc1ccc2c(c1)C(C(C)(C)C)C(O)CC2(C)C. The van der Waals surface area contributed by atoms with E-state index in [4.69, 9.17) is 4.74 Å². The summed E-state index contributed by atoms with van der Waals surface area (Å²) in [6, 6.07) is 6.62. The quantitative estimate of drug-likeness (QED) is 0.884. The maximum atomic E-state index is 10.7. The number of methoxy groups -OCH3 is 1. The third kappa shape index (κ3) is 2.77. The molecule has 2 nitrogen and oxygen atoms in total. The van der Waals surface area contributed by atoms with Gasteiger partial charge in [-0.25, -0.2) is 0 Å². The molecule has 2 heteroatoms. The fourth-order valence-corrected chi connectivity index (χ4v) is 3.74. The first-order chi connectivity index (χ1) is 9.16. The van der Waals surface area contributed by atoms with Crippen molar-refractivity contribution in [3.05, 3.63) is 34.9 Å². The Morgan fingerprint density at radius 3 is 2.50 bits per heavy atom. The van der Waals surface area contributed by atoms with E-state index in [1.54, 1.807) is 7.11 Å². The molecule has 0 spiro atoms. The average Bonchev–Trinajstić information content (AvgIpc) is 2.25. The van der Waals surface area contributed by atoms with Crippen molar-refractivity contribution in [2.75, 3.05) is 7.11 Å². The molecule has 0 fully saturated rings. The van der Waals surface area contributed by atoms with E-state index in [0.29, 0.717) is 6.61 Å². The van der Waals surface area contributed by atoms with Gasteiger partial charge in [-0.2, -0.15) is 0 Å². The van der Waals surface area contributed by atoms with Crippen molar-refractivity contribution in [3.63, 3.8) is 0 Å². The second-order valence-electron chi connectivity index (χ2n) is 7.85. The third-order valence-corrected chi connectivity index (χ3v) is 4.53. The van der Waals surface area contributed by atoms with Gasteiger partial charge in [0.25, 0.3) is 0 Å². The first-order valence-corrected chi connectivity index (χ1v) is 7.47. The van der Waals surface area contributed by atoms with Gasteiger partial charge in [0.1, 0.15) is 0 Å². The van der Waals surface area contributed by atoms with Crippen LogP contribution < -0.4 is 0 Å². The molecule has 0 aromatic heterocycles. The topological polar surface area (TPSA) is 29.5 Å². The van der Waals surface area contributed by atoms with Crippen LogP contribution >= 0.6 is 0 Å². The van der Waals surface area contributed by atoms with Gasteiger partial charge in [0.15, 0.2) is 0 Å². The summed E-state index contributed by atoms with van der Waals surface area (Å²) in [4.78, 5) is 0. The summed E-state index contributed by atoms with van der Waals surface area (Å²) in [6.07, 6.45) is 0.543. The highest BCUT2D eigenvalue weighted by Gasteiger charge is 2.43. The molecule has 20 heavy (non-hydrogen) atoms. The number of aliphatic hydroxyl groups excluding tert-OH is 1. The molecule has 1 aliphatic rings. The number of benzene rings is 1. The highest BCUT2D eigenvalue weighted by atomic mass is 16.5. The third-order valence-electron chi connectivity index (χ3n) is 4.53. The Morgan fingerprint density at radius 2 is 1.95 bits per heavy atom. The number of rotatable bonds is 2. The van der Waals surface area contributed by atoms with E-state index in [2.05, 4.69) is 52.8 Å². The van der Waals surface area contributed by atoms with Crippen LogP contribution in [0.1, 0.15) is 63.6 Å². The minimum absolute atomic E-state index is 0.0299. The fourth-order valence-electron chi connectivity index (χ4n) is 3.74.